The number of carbonyl (C=O) groups is 3. The molecular formula is C23H37NO6. The van der Waals surface area contributed by atoms with E-state index >= 15 is 0 Å². The van der Waals surface area contributed by atoms with E-state index in [0.717, 1.165) is 38.5 Å². The van der Waals surface area contributed by atoms with Gasteiger partial charge in [-0.15, -0.1) is 0 Å². The Balaban J connectivity index is 3.94. The molecule has 0 aromatic rings. The van der Waals surface area contributed by atoms with Crippen molar-refractivity contribution in [2.75, 3.05) is 27.7 Å². The highest BCUT2D eigenvalue weighted by molar-refractivity contribution is 5.82. The van der Waals surface area contributed by atoms with Crippen molar-refractivity contribution in [1.82, 2.24) is 0 Å². The smallest absolute Gasteiger partial charge is 0.330 e. The van der Waals surface area contributed by atoms with Gasteiger partial charge in [-0.25, -0.2) is 4.79 Å². The first-order valence-electron chi connectivity index (χ1n) is 10.5. The van der Waals surface area contributed by atoms with E-state index in [1.165, 1.54) is 6.08 Å². The molecule has 0 aromatic carbocycles. The molecule has 170 valence electrons. The van der Waals surface area contributed by atoms with Crippen LogP contribution in [0.4, 0.5) is 0 Å². The molecule has 0 fully saturated rings. The van der Waals surface area contributed by atoms with Crippen molar-refractivity contribution >= 4 is 17.9 Å². The fraction of sp³-hybridized carbons (Fsp3) is 0.609. The molecule has 7 heteroatoms. The van der Waals surface area contributed by atoms with Gasteiger partial charge in [-0.05, 0) is 38.5 Å². The molecule has 0 spiro atoms. The van der Waals surface area contributed by atoms with Crippen molar-refractivity contribution in [3.05, 3.63) is 36.5 Å². The van der Waals surface area contributed by atoms with Crippen LogP contribution in [0.15, 0.2) is 36.5 Å². The van der Waals surface area contributed by atoms with Crippen LogP contribution in [0.5, 0.6) is 0 Å². The normalized spacial score (nSPS) is 13.3. The van der Waals surface area contributed by atoms with E-state index in [-0.39, 0.29) is 12.8 Å². The lowest BCUT2D eigenvalue weighted by Gasteiger charge is -2.29. The highest BCUT2D eigenvalue weighted by Gasteiger charge is 2.21. The Kier molecular flexibility index (Phi) is 15.1. The van der Waals surface area contributed by atoms with Gasteiger partial charge >= 0.3 is 11.9 Å². The van der Waals surface area contributed by atoms with Gasteiger partial charge in [0.15, 0.2) is 6.10 Å². The van der Waals surface area contributed by atoms with Crippen LogP contribution in [0, 0.1) is 0 Å². The van der Waals surface area contributed by atoms with E-state index in [1.807, 2.05) is 33.3 Å². The number of hydrogen-bond acceptors (Lipinski definition) is 5. The van der Waals surface area contributed by atoms with Gasteiger partial charge in [-0.1, -0.05) is 36.8 Å². The Labute approximate surface area is 180 Å². The van der Waals surface area contributed by atoms with Crippen LogP contribution >= 0.6 is 0 Å². The van der Waals surface area contributed by atoms with Crippen molar-refractivity contribution in [2.24, 2.45) is 0 Å². The molecule has 0 radical (unpaired) electrons. The number of likely N-dealkylation sites (N-methyl/N-ethyl adjacent to an activating group) is 1. The van der Waals surface area contributed by atoms with E-state index in [4.69, 9.17) is 9.84 Å². The summed E-state index contributed by atoms with van der Waals surface area (Å²) in [5, 5.41) is 19.4. The summed E-state index contributed by atoms with van der Waals surface area (Å²) < 4.78 is 5.71. The van der Waals surface area contributed by atoms with Crippen molar-refractivity contribution < 1.29 is 33.8 Å². The average molecular weight is 424 g/mol. The molecule has 0 amide bonds. The van der Waals surface area contributed by atoms with E-state index in [9.17, 15) is 19.5 Å². The van der Waals surface area contributed by atoms with Gasteiger partial charge < -0.3 is 24.2 Å². The molecule has 1 N–H and O–H groups in total. The third kappa shape index (κ3) is 20.3. The largest absolute Gasteiger partial charge is 0.550 e. The Hall–Kier alpha value is -2.41. The standard InChI is InChI=1S/C23H37NO6/c1-24(2,3)19-20(18-22(27)28)30-23(29)17-15-13-11-9-7-5-4-6-8-10-12-14-16-21(25)26/h4,6,9,11,15,17,20H,5,7-8,10,12-14,16,18-19H2,1-3H3,(H-,25,26,27,28)/b6-4+,11-9+,17-15+. The van der Waals surface area contributed by atoms with Crippen LogP contribution in [0.3, 0.4) is 0 Å². The fourth-order valence-corrected chi connectivity index (χ4v) is 2.74. The first-order chi connectivity index (χ1) is 14.1. The number of esters is 1. The van der Waals surface area contributed by atoms with Gasteiger partial charge in [0, 0.05) is 24.9 Å². The zero-order chi connectivity index (χ0) is 22.8. The first-order valence-corrected chi connectivity index (χ1v) is 10.5. The third-order valence-corrected chi connectivity index (χ3v) is 4.05. The van der Waals surface area contributed by atoms with Crippen LogP contribution in [-0.2, 0) is 19.1 Å². The number of carbonyl (C=O) groups excluding carboxylic acids is 2. The van der Waals surface area contributed by atoms with Gasteiger partial charge in [-0.2, -0.15) is 0 Å². The Bertz CT molecular complexity index is 601. The maximum Gasteiger partial charge on any atom is 0.330 e. The maximum absolute atomic E-state index is 11.9. The predicted molar refractivity (Wildman–Crippen MR) is 114 cm³/mol. The molecule has 0 aromatic heterocycles. The van der Waals surface area contributed by atoms with Crippen LogP contribution in [0.2, 0.25) is 0 Å². The van der Waals surface area contributed by atoms with Crippen molar-refractivity contribution in [2.45, 2.75) is 63.9 Å². The molecule has 0 aliphatic heterocycles. The average Bonchev–Trinajstić information content (AvgIpc) is 2.59. The molecule has 0 aliphatic carbocycles. The van der Waals surface area contributed by atoms with E-state index in [1.54, 1.807) is 6.08 Å². The van der Waals surface area contributed by atoms with Crippen LogP contribution in [0.1, 0.15) is 57.8 Å². The van der Waals surface area contributed by atoms with Crippen molar-refractivity contribution in [3.63, 3.8) is 0 Å². The van der Waals surface area contributed by atoms with Gasteiger partial charge in [0.05, 0.1) is 21.1 Å². The number of quaternary nitrogens is 1. The number of carboxylic acid groups (broad SMARTS) is 2. The number of aliphatic carboxylic acids is 2. The molecular weight excluding hydrogens is 386 g/mol. The summed E-state index contributed by atoms with van der Waals surface area (Å²) in [6.07, 6.45) is 16.6. The van der Waals surface area contributed by atoms with Gasteiger partial charge in [0.2, 0.25) is 0 Å². The molecule has 1 atom stereocenters. The lowest BCUT2D eigenvalue weighted by atomic mass is 10.1. The van der Waals surface area contributed by atoms with Crippen LogP contribution in [0.25, 0.3) is 0 Å². The molecule has 30 heavy (non-hydrogen) atoms. The number of hydrogen-bond donors (Lipinski definition) is 1. The van der Waals surface area contributed by atoms with Crippen molar-refractivity contribution in [3.8, 4) is 0 Å². The number of nitrogens with zero attached hydrogens (tertiary/aromatic N) is 1. The molecule has 7 nitrogen and oxygen atoms in total. The highest BCUT2D eigenvalue weighted by Crippen LogP contribution is 2.06. The summed E-state index contributed by atoms with van der Waals surface area (Å²) in [5.74, 6) is -2.52. The Morgan fingerprint density at radius 2 is 1.57 bits per heavy atom. The molecule has 0 aliphatic rings. The molecule has 1 unspecified atom stereocenters. The minimum absolute atomic E-state index is 0.247. The number of allylic oxidation sites excluding steroid dienone is 5. The van der Waals surface area contributed by atoms with Gasteiger partial charge in [0.1, 0.15) is 6.54 Å². The molecule has 0 saturated carbocycles. The summed E-state index contributed by atoms with van der Waals surface area (Å²) in [7, 11) is 5.69. The van der Waals surface area contributed by atoms with E-state index in [2.05, 4.69) is 12.2 Å². The van der Waals surface area contributed by atoms with Gasteiger partial charge in [0.25, 0.3) is 0 Å². The van der Waals surface area contributed by atoms with E-state index < -0.39 is 24.0 Å². The van der Waals surface area contributed by atoms with Gasteiger partial charge in [-0.3, -0.25) is 4.79 Å². The summed E-state index contributed by atoms with van der Waals surface area (Å²) in [4.78, 5) is 33.1. The van der Waals surface area contributed by atoms with E-state index in [0.29, 0.717) is 17.4 Å². The second-order valence-electron chi connectivity index (χ2n) is 8.26. The zero-order valence-electron chi connectivity index (χ0n) is 18.5. The molecule has 0 bridgehead atoms. The maximum atomic E-state index is 11.9. The zero-order valence-corrected chi connectivity index (χ0v) is 18.5. The first kappa shape index (κ1) is 27.6. The third-order valence-electron chi connectivity index (χ3n) is 4.05. The SMILES string of the molecule is C[N+](C)(C)CC(CC(=O)[O-])OC(=O)/C=C/C/C=C/CC/C=C/CCCCCC(=O)O. The lowest BCUT2D eigenvalue weighted by Crippen LogP contribution is -2.45. The van der Waals surface area contributed by atoms with Crippen LogP contribution in [-0.4, -0.2) is 61.3 Å². The second kappa shape index (κ2) is 16.4. The molecule has 0 rings (SSSR count). The quantitative estimate of drug-likeness (QED) is 0.127. The van der Waals surface area contributed by atoms with Crippen molar-refractivity contribution in [1.29, 1.82) is 0 Å². The van der Waals surface area contributed by atoms with Crippen LogP contribution < -0.4 is 5.11 Å². The topological polar surface area (TPSA) is 104 Å². The summed E-state index contributed by atoms with van der Waals surface area (Å²) in [5.41, 5.74) is 0. The minimum atomic E-state index is -1.24. The number of carboxylic acids is 2. The lowest BCUT2D eigenvalue weighted by molar-refractivity contribution is -0.873. The Morgan fingerprint density at radius 1 is 0.933 bits per heavy atom. The number of rotatable bonds is 17. The fourth-order valence-electron chi connectivity index (χ4n) is 2.74. The molecule has 0 saturated heterocycles. The number of unbranched alkanes of at least 4 members (excludes halogenated alkanes) is 4. The molecule has 0 heterocycles. The predicted octanol–water partition coefficient (Wildman–Crippen LogP) is 2.62. The number of ether oxygens (including phenoxy) is 1. The summed E-state index contributed by atoms with van der Waals surface area (Å²) in [6.45, 7) is 0.392. The minimum Gasteiger partial charge on any atom is -0.550 e. The Morgan fingerprint density at radius 3 is 2.17 bits per heavy atom. The summed E-state index contributed by atoms with van der Waals surface area (Å²) in [6, 6.07) is 0. The second-order valence-corrected chi connectivity index (χ2v) is 8.26. The highest BCUT2D eigenvalue weighted by atomic mass is 16.5. The monoisotopic (exact) mass is 423 g/mol. The summed E-state index contributed by atoms with van der Waals surface area (Å²) >= 11 is 0.